The molecule has 0 N–H and O–H groups in total. The molecule has 1 amide bonds. The summed E-state index contributed by atoms with van der Waals surface area (Å²) in [6.45, 7) is 2.86. The van der Waals surface area contributed by atoms with Gasteiger partial charge in [-0.2, -0.15) is 0 Å². The standard InChI is InChI=1S/C21H24N6O/c1-24(2)18-7-5-17(6-8-18)21(28)27-13-11-26(12-14-27)20-15-19(22-16-23-20)25-9-3-4-10-25/h3-10,15-16H,11-14H2,1-2H3. The quantitative estimate of drug-likeness (QED) is 0.699. The van der Waals surface area contributed by atoms with Crippen LogP contribution in [0.1, 0.15) is 10.4 Å². The average molecular weight is 376 g/mol. The summed E-state index contributed by atoms with van der Waals surface area (Å²) in [6.07, 6.45) is 5.52. The van der Waals surface area contributed by atoms with Crippen LogP contribution < -0.4 is 9.80 Å². The van der Waals surface area contributed by atoms with E-state index in [0.717, 1.165) is 36.0 Å². The molecule has 0 bridgehead atoms. The van der Waals surface area contributed by atoms with Gasteiger partial charge in [0.05, 0.1) is 0 Å². The summed E-state index contributed by atoms with van der Waals surface area (Å²) in [5.74, 6) is 1.82. The van der Waals surface area contributed by atoms with Gasteiger partial charge in [0.15, 0.2) is 0 Å². The molecule has 1 aromatic carbocycles. The molecule has 0 unspecified atom stereocenters. The predicted octanol–water partition coefficient (Wildman–Crippen LogP) is 2.30. The zero-order valence-corrected chi connectivity index (χ0v) is 16.2. The Kier molecular flexibility index (Phi) is 4.97. The minimum Gasteiger partial charge on any atom is -0.378 e. The van der Waals surface area contributed by atoms with Gasteiger partial charge in [0.2, 0.25) is 0 Å². The van der Waals surface area contributed by atoms with E-state index in [1.54, 1.807) is 6.33 Å². The molecule has 1 fully saturated rings. The van der Waals surface area contributed by atoms with Crippen LogP contribution in [-0.2, 0) is 0 Å². The van der Waals surface area contributed by atoms with Crippen LogP contribution >= 0.6 is 0 Å². The molecule has 0 radical (unpaired) electrons. The SMILES string of the molecule is CN(C)c1ccc(C(=O)N2CCN(c3cc(-n4cccc4)ncn3)CC2)cc1. The first-order chi connectivity index (χ1) is 13.6. The van der Waals surface area contributed by atoms with Gasteiger partial charge in [-0.3, -0.25) is 4.79 Å². The molecule has 0 spiro atoms. The highest BCUT2D eigenvalue weighted by molar-refractivity contribution is 5.94. The van der Waals surface area contributed by atoms with E-state index in [9.17, 15) is 4.79 Å². The zero-order chi connectivity index (χ0) is 19.5. The molecule has 2 aromatic heterocycles. The van der Waals surface area contributed by atoms with E-state index >= 15 is 0 Å². The summed E-state index contributed by atoms with van der Waals surface area (Å²) in [7, 11) is 3.98. The molecule has 0 aliphatic carbocycles. The number of carbonyl (C=O) groups is 1. The fourth-order valence-electron chi connectivity index (χ4n) is 3.36. The van der Waals surface area contributed by atoms with Crippen LogP contribution in [-0.4, -0.2) is 65.6 Å². The summed E-state index contributed by atoms with van der Waals surface area (Å²) in [6, 6.07) is 13.7. The molecular formula is C21H24N6O. The normalized spacial score (nSPS) is 14.2. The first kappa shape index (κ1) is 18.0. The van der Waals surface area contributed by atoms with Crippen molar-refractivity contribution in [3.05, 3.63) is 66.7 Å². The Bertz CT molecular complexity index is 928. The lowest BCUT2D eigenvalue weighted by Crippen LogP contribution is -2.49. The number of amides is 1. The molecule has 4 rings (SSSR count). The van der Waals surface area contributed by atoms with Gasteiger partial charge < -0.3 is 19.3 Å². The third-order valence-electron chi connectivity index (χ3n) is 5.03. The molecule has 7 heteroatoms. The Morgan fingerprint density at radius 1 is 0.929 bits per heavy atom. The maximum absolute atomic E-state index is 12.8. The molecule has 0 atom stereocenters. The van der Waals surface area contributed by atoms with Gasteiger partial charge in [-0.05, 0) is 36.4 Å². The van der Waals surface area contributed by atoms with E-state index < -0.39 is 0 Å². The molecule has 0 saturated carbocycles. The lowest BCUT2D eigenvalue weighted by molar-refractivity contribution is 0.0746. The van der Waals surface area contributed by atoms with Crippen LogP contribution in [0.3, 0.4) is 0 Å². The topological polar surface area (TPSA) is 57.5 Å². The van der Waals surface area contributed by atoms with Gasteiger partial charge in [0.25, 0.3) is 5.91 Å². The molecule has 3 heterocycles. The smallest absolute Gasteiger partial charge is 0.253 e. The highest BCUT2D eigenvalue weighted by Gasteiger charge is 2.23. The Hall–Kier alpha value is -3.35. The number of carbonyl (C=O) groups excluding carboxylic acids is 1. The monoisotopic (exact) mass is 376 g/mol. The zero-order valence-electron chi connectivity index (χ0n) is 16.2. The molecule has 1 aliphatic heterocycles. The molecule has 144 valence electrons. The van der Waals surface area contributed by atoms with Crippen LogP contribution in [0.25, 0.3) is 5.82 Å². The number of hydrogen-bond donors (Lipinski definition) is 0. The van der Waals surface area contributed by atoms with E-state index in [4.69, 9.17) is 0 Å². The molecule has 28 heavy (non-hydrogen) atoms. The third-order valence-corrected chi connectivity index (χ3v) is 5.03. The fourth-order valence-corrected chi connectivity index (χ4v) is 3.36. The summed E-state index contributed by atoms with van der Waals surface area (Å²) in [5.41, 5.74) is 1.82. The number of benzene rings is 1. The van der Waals surface area contributed by atoms with E-state index in [2.05, 4.69) is 14.9 Å². The second kappa shape index (κ2) is 7.72. The van der Waals surface area contributed by atoms with Crippen molar-refractivity contribution in [2.24, 2.45) is 0 Å². The van der Waals surface area contributed by atoms with E-state index in [1.165, 1.54) is 0 Å². The molecular weight excluding hydrogens is 352 g/mol. The number of anilines is 2. The minimum atomic E-state index is 0.0840. The van der Waals surface area contributed by atoms with Gasteiger partial charge in [-0.25, -0.2) is 9.97 Å². The maximum atomic E-state index is 12.8. The summed E-state index contributed by atoms with van der Waals surface area (Å²) >= 11 is 0. The molecule has 1 saturated heterocycles. The van der Waals surface area contributed by atoms with E-state index in [-0.39, 0.29) is 5.91 Å². The highest BCUT2D eigenvalue weighted by atomic mass is 16.2. The summed E-state index contributed by atoms with van der Waals surface area (Å²) < 4.78 is 1.96. The number of aromatic nitrogens is 3. The number of rotatable bonds is 4. The number of piperazine rings is 1. The first-order valence-corrected chi connectivity index (χ1v) is 9.39. The fraction of sp³-hybridized carbons (Fsp3) is 0.286. The lowest BCUT2D eigenvalue weighted by atomic mass is 10.1. The van der Waals surface area contributed by atoms with Crippen molar-refractivity contribution in [1.82, 2.24) is 19.4 Å². The second-order valence-electron chi connectivity index (χ2n) is 7.05. The lowest BCUT2D eigenvalue weighted by Gasteiger charge is -2.35. The number of hydrogen-bond acceptors (Lipinski definition) is 5. The van der Waals surface area contributed by atoms with Crippen LogP contribution in [0, 0.1) is 0 Å². The van der Waals surface area contributed by atoms with Crippen molar-refractivity contribution < 1.29 is 4.79 Å². The predicted molar refractivity (Wildman–Crippen MR) is 110 cm³/mol. The van der Waals surface area contributed by atoms with Crippen LogP contribution in [0.15, 0.2) is 61.2 Å². The minimum absolute atomic E-state index is 0.0840. The van der Waals surface area contributed by atoms with Gasteiger partial charge >= 0.3 is 0 Å². The third kappa shape index (κ3) is 3.69. The van der Waals surface area contributed by atoms with Crippen molar-refractivity contribution in [3.8, 4) is 5.82 Å². The van der Waals surface area contributed by atoms with Crippen LogP contribution in [0.2, 0.25) is 0 Å². The highest BCUT2D eigenvalue weighted by Crippen LogP contribution is 2.18. The Morgan fingerprint density at radius 2 is 1.57 bits per heavy atom. The Morgan fingerprint density at radius 3 is 2.21 bits per heavy atom. The van der Waals surface area contributed by atoms with Gasteiger partial charge in [0.1, 0.15) is 18.0 Å². The Balaban J connectivity index is 1.40. The maximum Gasteiger partial charge on any atom is 0.253 e. The largest absolute Gasteiger partial charge is 0.378 e. The molecule has 1 aliphatic rings. The van der Waals surface area contributed by atoms with Crippen molar-refractivity contribution in [2.75, 3.05) is 50.1 Å². The van der Waals surface area contributed by atoms with Crippen molar-refractivity contribution in [2.45, 2.75) is 0 Å². The second-order valence-corrected chi connectivity index (χ2v) is 7.05. The van der Waals surface area contributed by atoms with Gasteiger partial charge in [-0.1, -0.05) is 0 Å². The van der Waals surface area contributed by atoms with Crippen LogP contribution in [0.4, 0.5) is 11.5 Å². The van der Waals surface area contributed by atoms with Crippen LogP contribution in [0.5, 0.6) is 0 Å². The van der Waals surface area contributed by atoms with Gasteiger partial charge in [-0.15, -0.1) is 0 Å². The van der Waals surface area contributed by atoms with Gasteiger partial charge in [0, 0.05) is 70.0 Å². The van der Waals surface area contributed by atoms with Crippen molar-refractivity contribution in [1.29, 1.82) is 0 Å². The number of nitrogens with zero attached hydrogens (tertiary/aromatic N) is 6. The van der Waals surface area contributed by atoms with E-state index in [0.29, 0.717) is 13.1 Å². The summed E-state index contributed by atoms with van der Waals surface area (Å²) in [5, 5.41) is 0. The molecule has 7 nitrogen and oxygen atoms in total. The van der Waals surface area contributed by atoms with Crippen molar-refractivity contribution >= 4 is 17.4 Å². The first-order valence-electron chi connectivity index (χ1n) is 9.39. The van der Waals surface area contributed by atoms with Crippen molar-refractivity contribution in [3.63, 3.8) is 0 Å². The molecule has 3 aromatic rings. The Labute approximate surface area is 164 Å². The summed E-state index contributed by atoms with van der Waals surface area (Å²) in [4.78, 5) is 27.7. The average Bonchev–Trinajstić information content (AvgIpc) is 3.28. The van der Waals surface area contributed by atoms with E-state index in [1.807, 2.05) is 83.3 Å².